The van der Waals surface area contributed by atoms with E-state index in [9.17, 15) is 19.8 Å². The van der Waals surface area contributed by atoms with Gasteiger partial charge in [0.05, 0.1) is 17.8 Å². The van der Waals surface area contributed by atoms with Crippen LogP contribution >= 0.6 is 0 Å². The second-order valence-electron chi connectivity index (χ2n) is 7.79. The molecule has 2 N–H and O–H groups in total. The highest BCUT2D eigenvalue weighted by molar-refractivity contribution is 6.04. The molecule has 3 rings (SSSR count). The summed E-state index contributed by atoms with van der Waals surface area (Å²) in [6, 6.07) is 0. The predicted molar refractivity (Wildman–Crippen MR) is 93.5 cm³/mol. The Bertz CT molecular complexity index is 790. The maximum Gasteiger partial charge on any atom is 0.334 e. The van der Waals surface area contributed by atoms with Crippen LogP contribution in [0.1, 0.15) is 68.3 Å². The molecular weight excluding hydrogens is 336 g/mol. The van der Waals surface area contributed by atoms with Gasteiger partial charge in [-0.3, -0.25) is 4.79 Å². The number of ketones is 1. The summed E-state index contributed by atoms with van der Waals surface area (Å²) >= 11 is 0. The molecule has 142 valence electrons. The first-order valence-electron chi connectivity index (χ1n) is 8.97. The summed E-state index contributed by atoms with van der Waals surface area (Å²) in [5.41, 5.74) is -1.65. The van der Waals surface area contributed by atoms with Crippen LogP contribution in [0.3, 0.4) is 0 Å². The summed E-state index contributed by atoms with van der Waals surface area (Å²) < 4.78 is 11.2. The summed E-state index contributed by atoms with van der Waals surface area (Å²) in [6.07, 6.45) is 1.82. The van der Waals surface area contributed by atoms with Crippen molar-refractivity contribution in [2.24, 2.45) is 11.3 Å². The molecule has 1 heterocycles. The third kappa shape index (κ3) is 2.18. The van der Waals surface area contributed by atoms with Crippen LogP contribution in [0.4, 0.5) is 0 Å². The quantitative estimate of drug-likeness (QED) is 0.620. The van der Waals surface area contributed by atoms with Gasteiger partial charge in [0.1, 0.15) is 6.10 Å². The van der Waals surface area contributed by atoms with E-state index < -0.39 is 35.0 Å². The van der Waals surface area contributed by atoms with Crippen molar-refractivity contribution in [2.75, 3.05) is 0 Å². The molecule has 6 heteroatoms. The minimum Gasteiger partial charge on any atom is -0.460 e. The molecule has 26 heavy (non-hydrogen) atoms. The molecule has 1 saturated carbocycles. The van der Waals surface area contributed by atoms with E-state index in [4.69, 9.17) is 9.15 Å². The average molecular weight is 362 g/mol. The van der Waals surface area contributed by atoms with Gasteiger partial charge in [0, 0.05) is 11.1 Å². The minimum atomic E-state index is -2.07. The lowest BCUT2D eigenvalue weighted by atomic mass is 9.50. The number of fused-ring (bicyclic) bond motifs is 2. The number of Topliss-reactive ketones (excluding diaryl/α,β-unsaturated/α-hetero) is 1. The van der Waals surface area contributed by atoms with Crippen LogP contribution in [0.5, 0.6) is 0 Å². The Labute approximate surface area is 152 Å². The van der Waals surface area contributed by atoms with Crippen molar-refractivity contribution in [3.8, 4) is 0 Å². The van der Waals surface area contributed by atoms with Crippen LogP contribution < -0.4 is 0 Å². The standard InChI is InChI=1S/C20H26O6/c1-6-10(2)18(23)26-17-14-11(3)9-25-15(14)16(22)20(24)13(21)8-7-12(4)19(17,20)5/h6,9,12-13,17,21,24H,7-8H2,1-5H3. The molecule has 5 unspecified atom stereocenters. The lowest BCUT2D eigenvalue weighted by molar-refractivity contribution is -0.221. The number of furan rings is 1. The Hall–Kier alpha value is -1.92. The van der Waals surface area contributed by atoms with Gasteiger partial charge >= 0.3 is 5.97 Å². The molecule has 2 aliphatic carbocycles. The van der Waals surface area contributed by atoms with Crippen molar-refractivity contribution in [3.63, 3.8) is 0 Å². The first kappa shape index (κ1) is 18.9. The van der Waals surface area contributed by atoms with Crippen LogP contribution in [0.2, 0.25) is 0 Å². The summed E-state index contributed by atoms with van der Waals surface area (Å²) in [5.74, 6) is -1.36. The van der Waals surface area contributed by atoms with Crippen molar-refractivity contribution < 1.29 is 29.0 Å². The first-order chi connectivity index (χ1) is 12.1. The van der Waals surface area contributed by atoms with Gasteiger partial charge in [-0.25, -0.2) is 4.79 Å². The van der Waals surface area contributed by atoms with Crippen molar-refractivity contribution in [1.82, 2.24) is 0 Å². The highest BCUT2D eigenvalue weighted by Crippen LogP contribution is 2.61. The molecule has 0 bridgehead atoms. The van der Waals surface area contributed by atoms with E-state index in [0.717, 1.165) is 0 Å². The molecule has 5 atom stereocenters. The van der Waals surface area contributed by atoms with E-state index in [2.05, 4.69) is 0 Å². The third-order valence-corrected chi connectivity index (χ3v) is 6.56. The highest BCUT2D eigenvalue weighted by atomic mass is 16.5. The lowest BCUT2D eigenvalue weighted by Gasteiger charge is -2.57. The number of rotatable bonds is 2. The zero-order chi connectivity index (χ0) is 19.4. The molecule has 0 spiro atoms. The maximum absolute atomic E-state index is 13.1. The molecule has 1 aromatic heterocycles. The van der Waals surface area contributed by atoms with Gasteiger partial charge in [0.15, 0.2) is 11.4 Å². The van der Waals surface area contributed by atoms with Crippen LogP contribution in [0, 0.1) is 18.3 Å². The second kappa shape index (κ2) is 6.06. The number of carbonyl (C=O) groups is 2. The van der Waals surface area contributed by atoms with Crippen LogP contribution in [0.15, 0.2) is 22.3 Å². The topological polar surface area (TPSA) is 97.0 Å². The van der Waals surface area contributed by atoms with Crippen LogP contribution in [-0.2, 0) is 9.53 Å². The number of ether oxygens (including phenoxy) is 1. The van der Waals surface area contributed by atoms with Gasteiger partial charge < -0.3 is 19.4 Å². The smallest absolute Gasteiger partial charge is 0.334 e. The van der Waals surface area contributed by atoms with Gasteiger partial charge in [-0.1, -0.05) is 19.9 Å². The SMILES string of the molecule is CC=C(C)C(=O)OC1c2c(C)coc2C(=O)C2(O)C(O)CCC(C)C12C. The summed E-state index contributed by atoms with van der Waals surface area (Å²) in [7, 11) is 0. The predicted octanol–water partition coefficient (Wildman–Crippen LogP) is 2.86. The van der Waals surface area contributed by atoms with Gasteiger partial charge in [0.25, 0.3) is 0 Å². The number of esters is 1. The van der Waals surface area contributed by atoms with E-state index in [-0.39, 0.29) is 11.7 Å². The van der Waals surface area contributed by atoms with Crippen molar-refractivity contribution in [2.45, 2.75) is 65.3 Å². The number of aryl methyl sites for hydroxylation is 1. The first-order valence-corrected chi connectivity index (χ1v) is 8.97. The normalized spacial score (nSPS) is 37.1. The zero-order valence-electron chi connectivity index (χ0n) is 15.8. The molecule has 2 aliphatic rings. The Morgan fingerprint density at radius 1 is 1.42 bits per heavy atom. The van der Waals surface area contributed by atoms with E-state index in [1.807, 2.05) is 6.92 Å². The summed E-state index contributed by atoms with van der Waals surface area (Å²) in [6.45, 7) is 8.79. The number of aliphatic hydroxyl groups excluding tert-OH is 1. The fourth-order valence-electron chi connectivity index (χ4n) is 4.43. The molecule has 6 nitrogen and oxygen atoms in total. The minimum absolute atomic E-state index is 0.0356. The molecule has 1 aromatic rings. The van der Waals surface area contributed by atoms with E-state index in [0.29, 0.717) is 29.5 Å². The van der Waals surface area contributed by atoms with Crippen molar-refractivity contribution in [3.05, 3.63) is 34.8 Å². The lowest BCUT2D eigenvalue weighted by Crippen LogP contribution is -2.69. The fraction of sp³-hybridized carbons (Fsp3) is 0.600. The van der Waals surface area contributed by atoms with Crippen molar-refractivity contribution in [1.29, 1.82) is 0 Å². The van der Waals surface area contributed by atoms with E-state index in [1.165, 1.54) is 6.26 Å². The average Bonchev–Trinajstić information content (AvgIpc) is 3.00. The Morgan fingerprint density at radius 2 is 2.08 bits per heavy atom. The zero-order valence-corrected chi connectivity index (χ0v) is 15.8. The summed E-state index contributed by atoms with van der Waals surface area (Å²) in [4.78, 5) is 25.6. The number of hydrogen-bond acceptors (Lipinski definition) is 6. The monoisotopic (exact) mass is 362 g/mol. The van der Waals surface area contributed by atoms with Gasteiger partial charge in [-0.15, -0.1) is 0 Å². The molecular formula is C20H26O6. The Balaban J connectivity index is 2.24. The molecule has 0 saturated heterocycles. The van der Waals surface area contributed by atoms with Crippen molar-refractivity contribution >= 4 is 11.8 Å². The maximum atomic E-state index is 13.1. The largest absolute Gasteiger partial charge is 0.460 e. The molecule has 1 fully saturated rings. The van der Waals surface area contributed by atoms with Gasteiger partial charge in [0.2, 0.25) is 5.78 Å². The van der Waals surface area contributed by atoms with Gasteiger partial charge in [-0.05, 0) is 45.1 Å². The second-order valence-corrected chi connectivity index (χ2v) is 7.79. The van der Waals surface area contributed by atoms with E-state index >= 15 is 0 Å². The number of aliphatic hydroxyl groups is 2. The Morgan fingerprint density at radius 3 is 2.69 bits per heavy atom. The third-order valence-electron chi connectivity index (χ3n) is 6.56. The Kier molecular flexibility index (Phi) is 4.40. The number of carbonyl (C=O) groups excluding carboxylic acids is 2. The molecule has 0 aliphatic heterocycles. The molecule has 0 radical (unpaired) electrons. The van der Waals surface area contributed by atoms with Crippen LogP contribution in [0.25, 0.3) is 0 Å². The summed E-state index contributed by atoms with van der Waals surface area (Å²) in [5, 5.41) is 22.0. The number of allylic oxidation sites excluding steroid dienone is 1. The highest BCUT2D eigenvalue weighted by Gasteiger charge is 2.70. The van der Waals surface area contributed by atoms with Gasteiger partial charge in [-0.2, -0.15) is 0 Å². The number of hydrogen-bond donors (Lipinski definition) is 2. The molecule has 0 aromatic carbocycles. The molecule has 0 amide bonds. The van der Waals surface area contributed by atoms with E-state index in [1.54, 1.807) is 33.8 Å². The fourth-order valence-corrected chi connectivity index (χ4v) is 4.43. The van der Waals surface area contributed by atoms with Crippen LogP contribution in [-0.4, -0.2) is 33.7 Å².